The number of aryl methyl sites for hydroxylation is 1. The Morgan fingerprint density at radius 1 is 1.38 bits per heavy atom. The lowest BCUT2D eigenvalue weighted by Crippen LogP contribution is -2.25. The van der Waals surface area contributed by atoms with Crippen LogP contribution in [-0.2, 0) is 0 Å². The Hall–Kier alpha value is -1.96. The summed E-state index contributed by atoms with van der Waals surface area (Å²) in [6.07, 6.45) is 0.749. The van der Waals surface area contributed by atoms with E-state index in [-0.39, 0.29) is 24.1 Å². The van der Waals surface area contributed by atoms with E-state index in [1.165, 1.54) is 23.5 Å². The largest absolute Gasteiger partial charge is 0.351 e. The van der Waals surface area contributed by atoms with Crippen LogP contribution in [0.15, 0.2) is 30.3 Å². The maximum atomic E-state index is 13.1. The van der Waals surface area contributed by atoms with Gasteiger partial charge in [-0.25, -0.2) is 9.07 Å². The third kappa shape index (κ3) is 3.58. The van der Waals surface area contributed by atoms with E-state index in [1.807, 2.05) is 13.0 Å². The van der Waals surface area contributed by atoms with Gasteiger partial charge in [0, 0.05) is 11.9 Å². The predicted octanol–water partition coefficient (Wildman–Crippen LogP) is 3.03. The van der Waals surface area contributed by atoms with Crippen molar-refractivity contribution in [1.82, 2.24) is 15.1 Å². The fourth-order valence-electron chi connectivity index (χ4n) is 2.31. The Labute approximate surface area is 149 Å². The summed E-state index contributed by atoms with van der Waals surface area (Å²) in [7, 11) is 0. The molecule has 0 spiro atoms. The first-order valence-corrected chi connectivity index (χ1v) is 8.15. The number of hydrogen-bond acceptors (Lipinski definition) is 4. The summed E-state index contributed by atoms with van der Waals surface area (Å²) < 4.78 is 14.8. The first-order chi connectivity index (χ1) is 11.1. The normalized spacial score (nSPS) is 10.6. The number of benzene rings is 1. The molecule has 0 saturated carbocycles. The van der Waals surface area contributed by atoms with Crippen LogP contribution in [0.25, 0.3) is 15.9 Å². The van der Waals surface area contributed by atoms with Crippen molar-refractivity contribution in [2.45, 2.75) is 13.3 Å². The van der Waals surface area contributed by atoms with Gasteiger partial charge in [0.05, 0.1) is 16.3 Å². The van der Waals surface area contributed by atoms with Crippen molar-refractivity contribution in [2.24, 2.45) is 5.73 Å². The molecule has 3 aromatic rings. The molecule has 0 saturated heterocycles. The number of hydrogen-bond donors (Lipinski definition) is 2. The van der Waals surface area contributed by atoms with E-state index in [0.29, 0.717) is 18.0 Å². The van der Waals surface area contributed by atoms with Crippen LogP contribution >= 0.6 is 23.7 Å². The zero-order valence-corrected chi connectivity index (χ0v) is 14.7. The molecular formula is C16H18ClFN4OS. The number of amides is 1. The van der Waals surface area contributed by atoms with Crippen molar-refractivity contribution in [3.63, 3.8) is 0 Å². The van der Waals surface area contributed by atoms with Gasteiger partial charge in [-0.2, -0.15) is 5.10 Å². The predicted molar refractivity (Wildman–Crippen MR) is 96.9 cm³/mol. The summed E-state index contributed by atoms with van der Waals surface area (Å²) in [5.74, 6) is -0.398. The zero-order chi connectivity index (χ0) is 16.4. The van der Waals surface area contributed by atoms with Crippen LogP contribution < -0.4 is 11.1 Å². The lowest BCUT2D eigenvalue weighted by Gasteiger charge is -2.02. The minimum Gasteiger partial charge on any atom is -0.351 e. The van der Waals surface area contributed by atoms with E-state index in [9.17, 15) is 9.18 Å². The van der Waals surface area contributed by atoms with E-state index < -0.39 is 0 Å². The highest BCUT2D eigenvalue weighted by Crippen LogP contribution is 2.30. The van der Waals surface area contributed by atoms with Gasteiger partial charge < -0.3 is 11.1 Å². The number of thiophene rings is 1. The average molecular weight is 369 g/mol. The standard InChI is InChI=1S/C16H17FN4OS.ClH/c1-10-13-9-14(15(22)19-8-2-7-18)23-16(13)21(20-10)12-5-3-11(17)4-6-12;/h3-6,9H,2,7-8,18H2,1H3,(H,19,22);1H. The van der Waals surface area contributed by atoms with E-state index in [2.05, 4.69) is 10.4 Å². The van der Waals surface area contributed by atoms with Gasteiger partial charge in [-0.1, -0.05) is 0 Å². The van der Waals surface area contributed by atoms with Crippen molar-refractivity contribution in [3.05, 3.63) is 46.7 Å². The number of nitrogens with two attached hydrogens (primary N) is 1. The summed E-state index contributed by atoms with van der Waals surface area (Å²) in [5.41, 5.74) is 7.03. The van der Waals surface area contributed by atoms with Crippen LogP contribution in [0, 0.1) is 12.7 Å². The Balaban J connectivity index is 0.00000208. The highest BCUT2D eigenvalue weighted by molar-refractivity contribution is 7.20. The highest BCUT2D eigenvalue weighted by atomic mass is 35.5. The van der Waals surface area contributed by atoms with E-state index >= 15 is 0 Å². The van der Waals surface area contributed by atoms with Gasteiger partial charge in [-0.05, 0) is 50.2 Å². The minimum atomic E-state index is -0.292. The Morgan fingerprint density at radius 3 is 2.75 bits per heavy atom. The topological polar surface area (TPSA) is 72.9 Å². The monoisotopic (exact) mass is 368 g/mol. The number of rotatable bonds is 5. The number of fused-ring (bicyclic) bond motifs is 1. The second-order valence-corrected chi connectivity index (χ2v) is 6.23. The number of nitrogens with zero attached hydrogens (tertiary/aromatic N) is 2. The van der Waals surface area contributed by atoms with Crippen LogP contribution in [0.5, 0.6) is 0 Å². The molecule has 1 aromatic carbocycles. The molecule has 3 rings (SSSR count). The summed E-state index contributed by atoms with van der Waals surface area (Å²) >= 11 is 1.37. The molecule has 2 aromatic heterocycles. The molecule has 3 N–H and O–H groups in total. The Kier molecular flexibility index (Phi) is 5.93. The van der Waals surface area contributed by atoms with Crippen LogP contribution in [0.1, 0.15) is 21.8 Å². The van der Waals surface area contributed by atoms with Crippen LogP contribution in [0.3, 0.4) is 0 Å². The van der Waals surface area contributed by atoms with Crippen LogP contribution in [-0.4, -0.2) is 28.8 Å². The molecule has 24 heavy (non-hydrogen) atoms. The Bertz CT molecular complexity index is 844. The first-order valence-electron chi connectivity index (χ1n) is 7.33. The molecule has 0 aliphatic carbocycles. The number of halogens is 2. The Morgan fingerprint density at radius 2 is 2.08 bits per heavy atom. The second kappa shape index (κ2) is 7.74. The SMILES string of the molecule is Cc1nn(-c2ccc(F)cc2)c2sc(C(=O)NCCCN)cc12.Cl. The zero-order valence-electron chi connectivity index (χ0n) is 13.1. The average Bonchev–Trinajstić information content (AvgIpc) is 3.10. The second-order valence-electron chi connectivity index (χ2n) is 5.20. The molecule has 5 nitrogen and oxygen atoms in total. The molecule has 0 atom stereocenters. The van der Waals surface area contributed by atoms with Crippen molar-refractivity contribution >= 4 is 39.9 Å². The van der Waals surface area contributed by atoms with Gasteiger partial charge in [-0.15, -0.1) is 23.7 Å². The number of nitrogens with one attached hydrogen (secondary N) is 1. The van der Waals surface area contributed by atoms with Crippen molar-refractivity contribution in [1.29, 1.82) is 0 Å². The molecule has 0 unspecified atom stereocenters. The molecule has 0 radical (unpaired) electrons. The van der Waals surface area contributed by atoms with Crippen molar-refractivity contribution in [3.8, 4) is 5.69 Å². The van der Waals surface area contributed by atoms with Crippen LogP contribution in [0.2, 0.25) is 0 Å². The van der Waals surface area contributed by atoms with Gasteiger partial charge >= 0.3 is 0 Å². The molecule has 0 fully saturated rings. The summed E-state index contributed by atoms with van der Waals surface area (Å²) in [4.78, 5) is 13.7. The van der Waals surface area contributed by atoms with Crippen molar-refractivity contribution < 1.29 is 9.18 Å². The van der Waals surface area contributed by atoms with Gasteiger partial charge in [0.1, 0.15) is 10.6 Å². The maximum Gasteiger partial charge on any atom is 0.261 e. The molecular weight excluding hydrogens is 351 g/mol. The summed E-state index contributed by atoms with van der Waals surface area (Å²) in [5, 5.41) is 8.26. The minimum absolute atomic E-state index is 0. The lowest BCUT2D eigenvalue weighted by molar-refractivity contribution is 0.0957. The van der Waals surface area contributed by atoms with Gasteiger partial charge in [-0.3, -0.25) is 4.79 Å². The van der Waals surface area contributed by atoms with E-state index in [0.717, 1.165) is 28.0 Å². The fraction of sp³-hybridized carbons (Fsp3) is 0.250. The van der Waals surface area contributed by atoms with Crippen molar-refractivity contribution in [2.75, 3.05) is 13.1 Å². The summed E-state index contributed by atoms with van der Waals surface area (Å²) in [6.45, 7) is 3.00. The molecule has 2 heterocycles. The molecule has 128 valence electrons. The fourth-order valence-corrected chi connectivity index (χ4v) is 3.41. The molecule has 0 bridgehead atoms. The number of aromatic nitrogens is 2. The van der Waals surface area contributed by atoms with Gasteiger partial charge in [0.2, 0.25) is 0 Å². The van der Waals surface area contributed by atoms with Gasteiger partial charge in [0.25, 0.3) is 5.91 Å². The quantitative estimate of drug-likeness (QED) is 0.680. The molecule has 8 heteroatoms. The highest BCUT2D eigenvalue weighted by Gasteiger charge is 2.16. The molecule has 0 aliphatic heterocycles. The van der Waals surface area contributed by atoms with Crippen LogP contribution in [0.4, 0.5) is 4.39 Å². The molecule has 0 aliphatic rings. The number of carbonyl (C=O) groups excluding carboxylic acids is 1. The summed E-state index contributed by atoms with van der Waals surface area (Å²) in [6, 6.07) is 7.97. The smallest absolute Gasteiger partial charge is 0.261 e. The van der Waals surface area contributed by atoms with Gasteiger partial charge in [0.15, 0.2) is 0 Å². The maximum absolute atomic E-state index is 13.1. The van der Waals surface area contributed by atoms with E-state index in [1.54, 1.807) is 16.8 Å². The lowest BCUT2D eigenvalue weighted by atomic mass is 10.3. The third-order valence-electron chi connectivity index (χ3n) is 3.51. The third-order valence-corrected chi connectivity index (χ3v) is 4.62. The van der Waals surface area contributed by atoms with E-state index in [4.69, 9.17) is 5.73 Å². The number of carbonyl (C=O) groups is 1. The molecule has 1 amide bonds. The first kappa shape index (κ1) is 18.4.